The Hall–Kier alpha value is -3.68. The first-order valence-corrected chi connectivity index (χ1v) is 8.48. The fourth-order valence-electron chi connectivity index (χ4n) is 3.25. The Kier molecular flexibility index (Phi) is 5.12. The van der Waals surface area contributed by atoms with Crippen LogP contribution in [0.2, 0.25) is 0 Å². The Morgan fingerprint density at radius 3 is 2.71 bits per heavy atom. The maximum atomic E-state index is 13.3. The van der Waals surface area contributed by atoms with E-state index in [2.05, 4.69) is 21.5 Å². The minimum atomic E-state index is -1.02. The number of nitrogens with two attached hydrogens (primary N) is 1. The number of likely N-dealkylation sites (tertiary alicyclic amines) is 1. The summed E-state index contributed by atoms with van der Waals surface area (Å²) in [6, 6.07) is 4.76. The number of anilines is 2. The van der Waals surface area contributed by atoms with Crippen LogP contribution in [0.3, 0.4) is 0 Å². The van der Waals surface area contributed by atoms with Crippen molar-refractivity contribution in [2.75, 3.05) is 18.4 Å². The summed E-state index contributed by atoms with van der Waals surface area (Å²) in [5, 5.41) is 25.7. The number of hydrogen-bond donors (Lipinski definition) is 3. The van der Waals surface area contributed by atoms with Crippen LogP contribution in [0.4, 0.5) is 20.7 Å². The zero-order chi connectivity index (χ0) is 20.3. The highest BCUT2D eigenvalue weighted by atomic mass is 19.1. The molecule has 1 aliphatic rings. The lowest BCUT2D eigenvalue weighted by Gasteiger charge is -2.39. The maximum absolute atomic E-state index is 13.3. The van der Waals surface area contributed by atoms with Crippen molar-refractivity contribution in [1.82, 2.24) is 19.7 Å². The van der Waals surface area contributed by atoms with Crippen LogP contribution in [0.15, 0.2) is 24.5 Å². The van der Waals surface area contributed by atoms with Gasteiger partial charge in [-0.1, -0.05) is 0 Å². The molecule has 0 spiro atoms. The van der Waals surface area contributed by atoms with E-state index >= 15 is 0 Å². The van der Waals surface area contributed by atoms with E-state index in [0.29, 0.717) is 18.5 Å². The molecule has 4 N–H and O–H groups in total. The van der Waals surface area contributed by atoms with Gasteiger partial charge in [0.25, 0.3) is 5.91 Å². The maximum Gasteiger partial charge on any atom is 0.407 e. The molecule has 0 unspecified atom stereocenters. The van der Waals surface area contributed by atoms with E-state index in [1.165, 1.54) is 28.0 Å². The predicted octanol–water partition coefficient (Wildman–Crippen LogP) is 1.64. The lowest BCUT2D eigenvalue weighted by molar-refractivity contribution is 0.0888. The van der Waals surface area contributed by atoms with Crippen LogP contribution in [-0.4, -0.2) is 49.9 Å². The number of amides is 2. The summed E-state index contributed by atoms with van der Waals surface area (Å²) in [4.78, 5) is 27.8. The first-order chi connectivity index (χ1) is 13.3. The van der Waals surface area contributed by atoms with Crippen LogP contribution in [0, 0.1) is 17.3 Å². The molecule has 0 aliphatic carbocycles. The van der Waals surface area contributed by atoms with Crippen LogP contribution in [0.1, 0.15) is 29.6 Å². The molecule has 2 amide bonds. The topological polar surface area (TPSA) is 150 Å². The number of pyridine rings is 1. The quantitative estimate of drug-likeness (QED) is 0.660. The Morgan fingerprint density at radius 1 is 1.43 bits per heavy atom. The molecular weight excluding hydrogens is 369 g/mol. The Bertz CT molecular complexity index is 944. The van der Waals surface area contributed by atoms with Crippen LogP contribution in [0.5, 0.6) is 0 Å². The van der Waals surface area contributed by atoms with Gasteiger partial charge < -0.3 is 21.1 Å². The van der Waals surface area contributed by atoms with E-state index in [0.717, 1.165) is 6.07 Å². The summed E-state index contributed by atoms with van der Waals surface area (Å²) in [6.45, 7) is 0.474. The standard InChI is InChI=1S/C17H18FN7O3/c18-13-9-11(1-6-21-13)22-15-12(14(20)26)10-25(23-15)17(2-5-19)3-7-24(8-4-17)16(27)28/h1,6,9-10H,2-4,7-8H2,(H2,20,26)(H,27,28)(H,21,22,23). The monoisotopic (exact) mass is 387 g/mol. The number of carbonyl (C=O) groups is 2. The second-order valence-corrected chi connectivity index (χ2v) is 6.52. The van der Waals surface area contributed by atoms with Crippen LogP contribution in [0.25, 0.3) is 0 Å². The largest absolute Gasteiger partial charge is 0.465 e. The fourth-order valence-corrected chi connectivity index (χ4v) is 3.25. The molecule has 2 aromatic heterocycles. The molecule has 3 heterocycles. The highest BCUT2D eigenvalue weighted by Gasteiger charge is 2.39. The predicted molar refractivity (Wildman–Crippen MR) is 95.3 cm³/mol. The first kappa shape index (κ1) is 19.1. The van der Waals surface area contributed by atoms with E-state index in [1.807, 2.05) is 0 Å². The molecule has 0 atom stereocenters. The molecule has 28 heavy (non-hydrogen) atoms. The molecule has 0 aromatic carbocycles. The molecular formula is C17H18FN7O3. The summed E-state index contributed by atoms with van der Waals surface area (Å²) in [5.74, 6) is -1.32. The Morgan fingerprint density at radius 2 is 2.14 bits per heavy atom. The van der Waals surface area contributed by atoms with Gasteiger partial charge in [0.2, 0.25) is 5.95 Å². The van der Waals surface area contributed by atoms with E-state index < -0.39 is 23.5 Å². The third-order valence-corrected chi connectivity index (χ3v) is 4.83. The Balaban J connectivity index is 1.95. The Labute approximate surface area is 159 Å². The minimum Gasteiger partial charge on any atom is -0.465 e. The molecule has 1 aliphatic heterocycles. The highest BCUT2D eigenvalue weighted by molar-refractivity contribution is 5.98. The van der Waals surface area contributed by atoms with Gasteiger partial charge in [0, 0.05) is 37.2 Å². The molecule has 3 rings (SSSR count). The lowest BCUT2D eigenvalue weighted by Crippen LogP contribution is -2.47. The van der Waals surface area contributed by atoms with E-state index in [9.17, 15) is 19.2 Å². The summed E-state index contributed by atoms with van der Waals surface area (Å²) in [7, 11) is 0. The minimum absolute atomic E-state index is 0.0789. The normalized spacial score (nSPS) is 15.6. The van der Waals surface area contributed by atoms with Crippen molar-refractivity contribution in [3.63, 3.8) is 0 Å². The van der Waals surface area contributed by atoms with Crippen molar-refractivity contribution >= 4 is 23.5 Å². The van der Waals surface area contributed by atoms with Gasteiger partial charge in [-0.15, -0.1) is 0 Å². The van der Waals surface area contributed by atoms with Gasteiger partial charge >= 0.3 is 6.09 Å². The highest BCUT2D eigenvalue weighted by Crippen LogP contribution is 2.35. The van der Waals surface area contributed by atoms with E-state index in [-0.39, 0.29) is 30.9 Å². The zero-order valence-electron chi connectivity index (χ0n) is 14.8. The summed E-state index contributed by atoms with van der Waals surface area (Å²) in [6.07, 6.45) is 2.48. The smallest absolute Gasteiger partial charge is 0.407 e. The number of rotatable bonds is 5. The summed E-state index contributed by atoms with van der Waals surface area (Å²) >= 11 is 0. The number of piperidine rings is 1. The number of hydrogen-bond acceptors (Lipinski definition) is 6. The number of nitrogens with one attached hydrogen (secondary N) is 1. The number of halogens is 1. The molecule has 0 radical (unpaired) electrons. The number of nitriles is 1. The number of carbonyl (C=O) groups excluding carboxylic acids is 1. The molecule has 0 bridgehead atoms. The number of aromatic nitrogens is 3. The van der Waals surface area contributed by atoms with Gasteiger partial charge in [0.1, 0.15) is 5.56 Å². The van der Waals surface area contributed by atoms with Gasteiger partial charge in [-0.3, -0.25) is 9.48 Å². The van der Waals surface area contributed by atoms with E-state index in [1.54, 1.807) is 0 Å². The number of carboxylic acid groups (broad SMARTS) is 1. The average Bonchev–Trinajstić information content (AvgIpc) is 3.07. The number of nitrogens with zero attached hydrogens (tertiary/aromatic N) is 5. The van der Waals surface area contributed by atoms with Gasteiger partial charge in [-0.05, 0) is 18.9 Å². The van der Waals surface area contributed by atoms with Crippen molar-refractivity contribution in [3.8, 4) is 6.07 Å². The van der Waals surface area contributed by atoms with Gasteiger partial charge in [0.15, 0.2) is 5.82 Å². The molecule has 1 saturated heterocycles. The van der Waals surface area contributed by atoms with Crippen molar-refractivity contribution in [1.29, 1.82) is 5.26 Å². The van der Waals surface area contributed by atoms with Gasteiger partial charge in [-0.2, -0.15) is 14.8 Å². The zero-order valence-corrected chi connectivity index (χ0v) is 14.8. The molecule has 0 saturated carbocycles. The van der Waals surface area contributed by atoms with Gasteiger partial charge in [-0.25, -0.2) is 9.78 Å². The third kappa shape index (κ3) is 3.71. The van der Waals surface area contributed by atoms with Crippen LogP contribution in [-0.2, 0) is 5.54 Å². The van der Waals surface area contributed by atoms with Crippen LogP contribution < -0.4 is 11.1 Å². The summed E-state index contributed by atoms with van der Waals surface area (Å²) in [5.41, 5.74) is 5.09. The van der Waals surface area contributed by atoms with Crippen LogP contribution >= 0.6 is 0 Å². The van der Waals surface area contributed by atoms with Crippen molar-refractivity contribution in [2.45, 2.75) is 24.8 Å². The average molecular weight is 387 g/mol. The summed E-state index contributed by atoms with van der Waals surface area (Å²) < 4.78 is 14.8. The first-order valence-electron chi connectivity index (χ1n) is 8.48. The lowest BCUT2D eigenvalue weighted by atomic mass is 9.85. The van der Waals surface area contributed by atoms with Crippen molar-refractivity contribution in [2.24, 2.45) is 5.73 Å². The number of primary amides is 1. The second kappa shape index (κ2) is 7.51. The van der Waals surface area contributed by atoms with E-state index in [4.69, 9.17) is 10.8 Å². The van der Waals surface area contributed by atoms with Crippen molar-refractivity contribution < 1.29 is 19.1 Å². The molecule has 146 valence electrons. The molecule has 2 aromatic rings. The molecule has 10 nitrogen and oxygen atoms in total. The van der Waals surface area contributed by atoms with Crippen molar-refractivity contribution in [3.05, 3.63) is 36.0 Å². The molecule has 1 fully saturated rings. The van der Waals surface area contributed by atoms with Gasteiger partial charge in [0.05, 0.1) is 18.0 Å². The third-order valence-electron chi connectivity index (χ3n) is 4.83. The fraction of sp³-hybridized carbons (Fsp3) is 0.353. The second-order valence-electron chi connectivity index (χ2n) is 6.52. The SMILES string of the molecule is N#CCC1(n2cc(C(N)=O)c(Nc3ccnc(F)c3)n2)CCN(C(=O)O)CC1. The molecule has 11 heteroatoms.